The number of carbonyl (C=O) groups excluding carboxylic acids is 1. The summed E-state index contributed by atoms with van der Waals surface area (Å²) in [6, 6.07) is 8.19. The van der Waals surface area contributed by atoms with Crippen LogP contribution in [0.3, 0.4) is 0 Å². The predicted octanol–water partition coefficient (Wildman–Crippen LogP) is 3.57. The molecule has 1 N–H and O–H groups in total. The molecular weight excluding hydrogens is 460 g/mol. The van der Waals surface area contributed by atoms with Gasteiger partial charge in [-0.3, -0.25) is 9.52 Å². The van der Waals surface area contributed by atoms with Crippen molar-refractivity contribution in [2.24, 2.45) is 5.92 Å². The summed E-state index contributed by atoms with van der Waals surface area (Å²) < 4.78 is 39.7. The van der Waals surface area contributed by atoms with Crippen molar-refractivity contribution >= 4 is 43.2 Å². The van der Waals surface area contributed by atoms with Gasteiger partial charge in [-0.05, 0) is 65.0 Å². The average Bonchev–Trinajstić information content (AvgIpc) is 3.47. The van der Waals surface area contributed by atoms with Crippen LogP contribution in [0.4, 0.5) is 11.4 Å². The Morgan fingerprint density at radius 1 is 1.17 bits per heavy atom. The van der Waals surface area contributed by atoms with Crippen molar-refractivity contribution in [1.82, 2.24) is 0 Å². The van der Waals surface area contributed by atoms with Gasteiger partial charge in [-0.15, -0.1) is 0 Å². The summed E-state index contributed by atoms with van der Waals surface area (Å²) in [4.78, 5) is 14.4. The molecule has 0 saturated heterocycles. The van der Waals surface area contributed by atoms with Gasteiger partial charge in [-0.2, -0.15) is 0 Å². The maximum atomic E-state index is 13.1. The average molecular weight is 481 g/mol. The predicted molar refractivity (Wildman–Crippen MR) is 113 cm³/mol. The fraction of sp³-hybridized carbons (Fsp3) is 0.350. The van der Waals surface area contributed by atoms with Gasteiger partial charge in [0.15, 0.2) is 0 Å². The number of fused-ring (bicyclic) bond motifs is 1. The smallest absolute Gasteiger partial charge is 0.263 e. The Bertz CT molecular complexity index is 1080. The van der Waals surface area contributed by atoms with Crippen molar-refractivity contribution in [2.75, 3.05) is 30.4 Å². The molecule has 154 valence electrons. The summed E-state index contributed by atoms with van der Waals surface area (Å²) in [7, 11) is -0.947. The van der Waals surface area contributed by atoms with Gasteiger partial charge in [-0.25, -0.2) is 8.42 Å². The van der Waals surface area contributed by atoms with Crippen molar-refractivity contribution < 1.29 is 22.7 Å². The molecule has 1 aliphatic carbocycles. The summed E-state index contributed by atoms with van der Waals surface area (Å²) in [5.74, 6) is 1.05. The highest BCUT2D eigenvalue weighted by molar-refractivity contribution is 9.10. The molecule has 7 nitrogen and oxygen atoms in total. The first kappa shape index (κ1) is 20.0. The van der Waals surface area contributed by atoms with E-state index in [1.165, 1.54) is 14.2 Å². The number of halogens is 1. The molecule has 0 unspecified atom stereocenters. The number of nitrogens with zero attached hydrogens (tertiary/aromatic N) is 1. The lowest BCUT2D eigenvalue weighted by molar-refractivity contribution is -0.119. The van der Waals surface area contributed by atoms with E-state index in [-0.39, 0.29) is 16.7 Å². The van der Waals surface area contributed by atoms with Crippen LogP contribution in [0.2, 0.25) is 0 Å². The van der Waals surface area contributed by atoms with Crippen LogP contribution >= 0.6 is 15.9 Å². The minimum atomic E-state index is -3.93. The Morgan fingerprint density at radius 2 is 1.93 bits per heavy atom. The highest BCUT2D eigenvalue weighted by Crippen LogP contribution is 2.40. The Kier molecular flexibility index (Phi) is 5.20. The number of nitrogens with one attached hydrogen (secondary N) is 1. The lowest BCUT2D eigenvalue weighted by Crippen LogP contribution is -2.30. The van der Waals surface area contributed by atoms with E-state index in [4.69, 9.17) is 9.47 Å². The molecule has 0 aromatic heterocycles. The van der Waals surface area contributed by atoms with Crippen molar-refractivity contribution in [2.45, 2.75) is 24.2 Å². The molecule has 29 heavy (non-hydrogen) atoms. The highest BCUT2D eigenvalue weighted by atomic mass is 79.9. The SMILES string of the molecule is COc1ccc(NS(=O)(=O)c2cc3c(cc2Br)CCN3C(=O)C2CC2)c(OC)c1. The fourth-order valence-electron chi connectivity index (χ4n) is 3.46. The van der Waals surface area contributed by atoms with Gasteiger partial charge < -0.3 is 14.4 Å². The van der Waals surface area contributed by atoms with Crippen LogP contribution in [0.25, 0.3) is 0 Å². The zero-order chi connectivity index (χ0) is 20.8. The van der Waals surface area contributed by atoms with E-state index in [9.17, 15) is 13.2 Å². The summed E-state index contributed by atoms with van der Waals surface area (Å²) >= 11 is 3.38. The van der Waals surface area contributed by atoms with Crippen LogP contribution in [0, 0.1) is 5.92 Å². The Hall–Kier alpha value is -2.26. The number of amides is 1. The largest absolute Gasteiger partial charge is 0.497 e. The number of hydrogen-bond acceptors (Lipinski definition) is 5. The van der Waals surface area contributed by atoms with E-state index in [0.717, 1.165) is 18.4 Å². The van der Waals surface area contributed by atoms with E-state index < -0.39 is 10.0 Å². The molecule has 0 bridgehead atoms. The van der Waals surface area contributed by atoms with Crippen LogP contribution in [-0.4, -0.2) is 35.1 Å². The van der Waals surface area contributed by atoms with E-state index in [2.05, 4.69) is 20.7 Å². The zero-order valence-electron chi connectivity index (χ0n) is 16.1. The van der Waals surface area contributed by atoms with Gasteiger partial charge >= 0.3 is 0 Å². The summed E-state index contributed by atoms with van der Waals surface area (Å²) in [5, 5.41) is 0. The molecule has 2 aliphatic rings. The number of carbonyl (C=O) groups is 1. The third-order valence-corrected chi connectivity index (χ3v) is 7.49. The number of benzene rings is 2. The van der Waals surface area contributed by atoms with Gasteiger partial charge in [0.25, 0.3) is 10.0 Å². The second-order valence-electron chi connectivity index (χ2n) is 7.10. The van der Waals surface area contributed by atoms with E-state index >= 15 is 0 Å². The minimum Gasteiger partial charge on any atom is -0.497 e. The van der Waals surface area contributed by atoms with Crippen molar-refractivity contribution in [3.63, 3.8) is 0 Å². The first-order valence-electron chi connectivity index (χ1n) is 9.22. The number of methoxy groups -OCH3 is 2. The normalized spacial score (nSPS) is 15.8. The van der Waals surface area contributed by atoms with Crippen LogP contribution < -0.4 is 19.1 Å². The topological polar surface area (TPSA) is 84.9 Å². The third-order valence-electron chi connectivity index (χ3n) is 5.16. The quantitative estimate of drug-likeness (QED) is 0.682. The number of ether oxygens (including phenoxy) is 2. The second kappa shape index (κ2) is 7.53. The molecule has 0 radical (unpaired) electrons. The first-order chi connectivity index (χ1) is 13.8. The molecule has 4 rings (SSSR count). The number of sulfonamides is 1. The van der Waals surface area contributed by atoms with Gasteiger partial charge in [0.05, 0.1) is 19.9 Å². The van der Waals surface area contributed by atoms with Crippen molar-refractivity contribution in [1.29, 1.82) is 0 Å². The number of rotatable bonds is 6. The van der Waals surface area contributed by atoms with E-state index in [1.54, 1.807) is 35.2 Å². The van der Waals surface area contributed by atoms with Crippen LogP contribution in [-0.2, 0) is 21.2 Å². The fourth-order valence-corrected chi connectivity index (χ4v) is 5.64. The lowest BCUT2D eigenvalue weighted by Gasteiger charge is -2.19. The molecule has 1 saturated carbocycles. The lowest BCUT2D eigenvalue weighted by atomic mass is 10.2. The minimum absolute atomic E-state index is 0.0737. The molecule has 9 heteroatoms. The molecule has 0 spiro atoms. The van der Waals surface area contributed by atoms with Gasteiger partial charge in [0.2, 0.25) is 5.91 Å². The van der Waals surface area contributed by atoms with Crippen molar-refractivity contribution in [3.05, 3.63) is 40.4 Å². The monoisotopic (exact) mass is 480 g/mol. The molecule has 2 aromatic rings. The molecule has 2 aromatic carbocycles. The van der Waals surface area contributed by atoms with Gasteiger partial charge in [-0.1, -0.05) is 0 Å². The Balaban J connectivity index is 1.69. The van der Waals surface area contributed by atoms with E-state index in [1.807, 2.05) is 0 Å². The molecule has 1 fully saturated rings. The Labute approximate surface area is 178 Å². The van der Waals surface area contributed by atoms with Crippen LogP contribution in [0.15, 0.2) is 39.7 Å². The van der Waals surface area contributed by atoms with Gasteiger partial charge in [0, 0.05) is 28.7 Å². The van der Waals surface area contributed by atoms with E-state index in [0.29, 0.717) is 40.3 Å². The first-order valence-corrected chi connectivity index (χ1v) is 11.5. The molecule has 1 heterocycles. The Morgan fingerprint density at radius 3 is 2.59 bits per heavy atom. The maximum absolute atomic E-state index is 13.1. The second-order valence-corrected chi connectivity index (χ2v) is 9.60. The molecular formula is C20H21BrN2O5S. The summed E-state index contributed by atoms with van der Waals surface area (Å²) in [6.07, 6.45) is 2.53. The number of anilines is 2. The van der Waals surface area contributed by atoms with Crippen LogP contribution in [0.5, 0.6) is 11.5 Å². The third kappa shape index (κ3) is 3.81. The zero-order valence-corrected chi connectivity index (χ0v) is 18.5. The molecule has 1 amide bonds. The van der Waals surface area contributed by atoms with Gasteiger partial charge in [0.1, 0.15) is 16.4 Å². The summed E-state index contributed by atoms with van der Waals surface area (Å²) in [6.45, 7) is 0.584. The summed E-state index contributed by atoms with van der Waals surface area (Å²) in [5.41, 5.74) is 1.94. The van der Waals surface area contributed by atoms with Crippen molar-refractivity contribution in [3.8, 4) is 11.5 Å². The number of hydrogen-bond donors (Lipinski definition) is 1. The standard InChI is InChI=1S/C20H21BrN2O5S/c1-27-14-5-6-16(18(10-14)28-2)22-29(25,26)19-11-17-13(9-15(19)21)7-8-23(17)20(24)12-3-4-12/h5-6,9-12,22H,3-4,7-8H2,1-2H3. The molecule has 1 aliphatic heterocycles. The molecule has 0 atom stereocenters. The highest BCUT2D eigenvalue weighted by Gasteiger charge is 2.37. The van der Waals surface area contributed by atoms with Crippen LogP contribution in [0.1, 0.15) is 18.4 Å². The maximum Gasteiger partial charge on any atom is 0.263 e.